The van der Waals surface area contributed by atoms with Gasteiger partial charge < -0.3 is 19.6 Å². The highest BCUT2D eigenvalue weighted by atomic mass is 16.6. The van der Waals surface area contributed by atoms with Crippen LogP contribution in [0.1, 0.15) is 57.2 Å². The summed E-state index contributed by atoms with van der Waals surface area (Å²) in [5.41, 5.74) is 9.05. The zero-order valence-electron chi connectivity index (χ0n) is 23.5. The van der Waals surface area contributed by atoms with E-state index in [4.69, 9.17) is 10.5 Å². The second-order valence-corrected chi connectivity index (χ2v) is 12.1. The van der Waals surface area contributed by atoms with Gasteiger partial charge in [0, 0.05) is 65.5 Å². The zero-order chi connectivity index (χ0) is 28.6. The molecule has 1 saturated carbocycles. The van der Waals surface area contributed by atoms with Gasteiger partial charge in [0.15, 0.2) is 0 Å². The van der Waals surface area contributed by atoms with Crippen LogP contribution >= 0.6 is 0 Å². The molecule has 1 aliphatic heterocycles. The molecular weight excluding hydrogens is 504 g/mol. The molecule has 0 spiro atoms. The van der Waals surface area contributed by atoms with Crippen molar-refractivity contribution in [2.75, 3.05) is 7.05 Å². The number of esters is 1. The first-order chi connectivity index (χ1) is 18.9. The van der Waals surface area contributed by atoms with Gasteiger partial charge in [-0.3, -0.25) is 19.3 Å². The minimum Gasteiger partial charge on any atom is -0.459 e. The van der Waals surface area contributed by atoms with Crippen LogP contribution in [0.3, 0.4) is 0 Å². The summed E-state index contributed by atoms with van der Waals surface area (Å²) >= 11 is 0. The van der Waals surface area contributed by atoms with Crippen molar-refractivity contribution in [1.82, 2.24) is 14.0 Å². The third-order valence-electron chi connectivity index (χ3n) is 8.19. The molecular formula is C32H34N4O4. The van der Waals surface area contributed by atoms with Gasteiger partial charge in [-0.15, -0.1) is 0 Å². The number of aromatic nitrogens is 2. The zero-order valence-corrected chi connectivity index (χ0v) is 23.5. The van der Waals surface area contributed by atoms with Crippen molar-refractivity contribution in [3.05, 3.63) is 72.1 Å². The number of ether oxygens (including phenoxy) is 1. The Labute approximate surface area is 233 Å². The van der Waals surface area contributed by atoms with Crippen LogP contribution in [-0.4, -0.2) is 50.0 Å². The molecule has 2 amide bonds. The fourth-order valence-electron chi connectivity index (χ4n) is 6.24. The van der Waals surface area contributed by atoms with E-state index < -0.39 is 17.1 Å². The lowest BCUT2D eigenvalue weighted by Gasteiger charge is -2.28. The lowest BCUT2D eigenvalue weighted by atomic mass is 9.95. The first-order valence-electron chi connectivity index (χ1n) is 13.6. The van der Waals surface area contributed by atoms with E-state index in [0.717, 1.165) is 27.4 Å². The van der Waals surface area contributed by atoms with Crippen LogP contribution in [0.5, 0.6) is 0 Å². The summed E-state index contributed by atoms with van der Waals surface area (Å²) < 4.78 is 9.75. The summed E-state index contributed by atoms with van der Waals surface area (Å²) in [5, 5.41) is 1.79. The fourth-order valence-corrected chi connectivity index (χ4v) is 6.24. The van der Waals surface area contributed by atoms with Gasteiger partial charge in [-0.05, 0) is 52.2 Å². The van der Waals surface area contributed by atoms with E-state index in [1.165, 1.54) is 11.9 Å². The highest BCUT2D eigenvalue weighted by Crippen LogP contribution is 2.44. The summed E-state index contributed by atoms with van der Waals surface area (Å²) in [5.74, 6) is -1.04. The van der Waals surface area contributed by atoms with Crippen molar-refractivity contribution in [1.29, 1.82) is 0 Å². The van der Waals surface area contributed by atoms with Crippen LogP contribution < -0.4 is 5.73 Å². The van der Waals surface area contributed by atoms with Crippen LogP contribution in [0.2, 0.25) is 0 Å². The number of para-hydroxylation sites is 2. The van der Waals surface area contributed by atoms with Crippen LogP contribution in [0.4, 0.5) is 0 Å². The molecule has 1 aliphatic carbocycles. The number of aryl methyl sites for hydroxylation is 1. The normalized spacial score (nSPS) is 21.9. The molecule has 2 N–H and O–H groups in total. The molecule has 2 aromatic carbocycles. The maximum Gasteiger partial charge on any atom is 0.326 e. The van der Waals surface area contributed by atoms with Crippen molar-refractivity contribution < 1.29 is 19.1 Å². The average Bonchev–Trinajstić information content (AvgIpc) is 3.63. The Hall–Kier alpha value is -4.17. The van der Waals surface area contributed by atoms with Gasteiger partial charge in [-0.25, -0.2) is 0 Å². The monoisotopic (exact) mass is 538 g/mol. The second-order valence-electron chi connectivity index (χ2n) is 12.1. The highest BCUT2D eigenvalue weighted by molar-refractivity contribution is 6.50. The van der Waals surface area contributed by atoms with E-state index in [0.29, 0.717) is 36.0 Å². The van der Waals surface area contributed by atoms with Gasteiger partial charge in [-0.1, -0.05) is 36.4 Å². The molecule has 6 rings (SSSR count). The molecule has 2 aromatic heterocycles. The average molecular weight is 539 g/mol. The third kappa shape index (κ3) is 3.97. The molecule has 40 heavy (non-hydrogen) atoms. The summed E-state index contributed by atoms with van der Waals surface area (Å²) in [6, 6.07) is 15.7. The van der Waals surface area contributed by atoms with E-state index >= 15 is 0 Å². The van der Waals surface area contributed by atoms with Gasteiger partial charge in [-0.2, -0.15) is 0 Å². The summed E-state index contributed by atoms with van der Waals surface area (Å²) in [6.45, 7) is 5.51. The van der Waals surface area contributed by atoms with Crippen LogP contribution in [0.15, 0.2) is 60.9 Å². The number of fused-ring (bicyclic) bond motifs is 2. The minimum atomic E-state index is -1.09. The molecule has 206 valence electrons. The molecule has 0 bridgehead atoms. The van der Waals surface area contributed by atoms with Crippen molar-refractivity contribution >= 4 is 50.7 Å². The standard InChI is InChI=1S/C32H34N4O4/c1-31(2,3)40-30(39)32(33)15-14-19(16-32)36-18-23(21-11-7-9-13-25(21)36)27-26(28(37)35(5)29(27)38)22-17-34(4)24-12-8-6-10-20(22)24/h6-13,17-19H,14-16,33H2,1-5H3. The molecule has 2 aliphatic rings. The number of hydrogen-bond donors (Lipinski definition) is 1. The predicted molar refractivity (Wildman–Crippen MR) is 155 cm³/mol. The molecule has 0 radical (unpaired) electrons. The number of imide groups is 1. The minimum absolute atomic E-state index is 0.0669. The van der Waals surface area contributed by atoms with E-state index in [1.807, 2.05) is 93.3 Å². The molecule has 2 unspecified atom stereocenters. The molecule has 8 heteroatoms. The van der Waals surface area contributed by atoms with E-state index in [-0.39, 0.29) is 17.9 Å². The summed E-state index contributed by atoms with van der Waals surface area (Å²) in [4.78, 5) is 41.5. The number of carbonyl (C=O) groups excluding carboxylic acids is 3. The maximum atomic E-state index is 13.7. The van der Waals surface area contributed by atoms with Gasteiger partial charge in [0.2, 0.25) is 0 Å². The van der Waals surface area contributed by atoms with E-state index in [9.17, 15) is 14.4 Å². The van der Waals surface area contributed by atoms with Crippen LogP contribution in [0.25, 0.3) is 33.0 Å². The Kier molecular flexibility index (Phi) is 5.82. The third-order valence-corrected chi connectivity index (χ3v) is 8.19. The number of nitrogens with two attached hydrogens (primary N) is 1. The van der Waals surface area contributed by atoms with Crippen molar-refractivity contribution in [3.8, 4) is 0 Å². The molecule has 2 atom stereocenters. The number of benzene rings is 2. The van der Waals surface area contributed by atoms with E-state index in [1.54, 1.807) is 0 Å². The Morgan fingerprint density at radius 1 is 0.900 bits per heavy atom. The number of hydrogen-bond acceptors (Lipinski definition) is 5. The Morgan fingerprint density at radius 3 is 2.08 bits per heavy atom. The maximum absolute atomic E-state index is 13.7. The second kappa shape index (κ2) is 8.93. The smallest absolute Gasteiger partial charge is 0.326 e. The van der Waals surface area contributed by atoms with Crippen molar-refractivity contribution in [3.63, 3.8) is 0 Å². The Balaban J connectivity index is 1.50. The van der Waals surface area contributed by atoms with Gasteiger partial charge >= 0.3 is 5.97 Å². The van der Waals surface area contributed by atoms with Gasteiger partial charge in [0.1, 0.15) is 11.1 Å². The van der Waals surface area contributed by atoms with Crippen molar-refractivity contribution in [2.45, 2.75) is 57.2 Å². The summed E-state index contributed by atoms with van der Waals surface area (Å²) in [7, 11) is 3.47. The number of amides is 2. The SMILES string of the molecule is CN1C(=O)C(c2cn(C)c3ccccc23)=C(c2cn(C3CCC(N)(C(=O)OC(C)(C)C)C3)c3ccccc23)C1=O. The first-order valence-corrected chi connectivity index (χ1v) is 13.6. The molecule has 4 aromatic rings. The van der Waals surface area contributed by atoms with E-state index in [2.05, 4.69) is 4.57 Å². The molecule has 1 fully saturated rings. The van der Waals surface area contributed by atoms with Crippen LogP contribution in [0, 0.1) is 0 Å². The molecule has 0 saturated heterocycles. The Morgan fingerprint density at radius 2 is 1.45 bits per heavy atom. The predicted octanol–water partition coefficient (Wildman–Crippen LogP) is 4.81. The molecule has 8 nitrogen and oxygen atoms in total. The first kappa shape index (κ1) is 26.1. The number of nitrogens with zero attached hydrogens (tertiary/aromatic N) is 3. The summed E-state index contributed by atoms with van der Waals surface area (Å²) in [6.07, 6.45) is 5.49. The Bertz CT molecular complexity index is 1750. The van der Waals surface area contributed by atoms with Gasteiger partial charge in [0.05, 0.1) is 11.1 Å². The fraction of sp³-hybridized carbons (Fsp3) is 0.344. The topological polar surface area (TPSA) is 99.6 Å². The van der Waals surface area contributed by atoms with Gasteiger partial charge in [0.25, 0.3) is 11.8 Å². The largest absolute Gasteiger partial charge is 0.459 e. The van der Waals surface area contributed by atoms with Crippen LogP contribution in [-0.2, 0) is 26.2 Å². The lowest BCUT2D eigenvalue weighted by Crippen LogP contribution is -2.49. The number of carbonyl (C=O) groups is 3. The molecule has 3 heterocycles. The number of likely N-dealkylation sites (N-methyl/N-ethyl adjacent to an activating group) is 1. The quantitative estimate of drug-likeness (QED) is 0.297. The highest BCUT2D eigenvalue weighted by Gasteiger charge is 2.46. The number of rotatable bonds is 4. The van der Waals surface area contributed by atoms with Crippen molar-refractivity contribution in [2.24, 2.45) is 12.8 Å². The lowest BCUT2D eigenvalue weighted by molar-refractivity contribution is -0.161.